The van der Waals surface area contributed by atoms with Gasteiger partial charge in [-0.3, -0.25) is 9.52 Å². The maximum absolute atomic E-state index is 12.7. The summed E-state index contributed by atoms with van der Waals surface area (Å²) in [6.07, 6.45) is 0. The van der Waals surface area contributed by atoms with Crippen molar-refractivity contribution in [2.75, 3.05) is 11.8 Å². The highest BCUT2D eigenvalue weighted by atomic mass is 32.2. The van der Waals surface area contributed by atoms with Crippen LogP contribution in [0.3, 0.4) is 0 Å². The molecule has 7 heteroatoms. The van der Waals surface area contributed by atoms with Gasteiger partial charge < -0.3 is 10.1 Å². The molecular weight excluding hydrogens is 412 g/mol. The molecule has 0 saturated heterocycles. The minimum Gasteiger partial charge on any atom is -0.497 e. The molecule has 0 aliphatic heterocycles. The maximum atomic E-state index is 12.7. The number of rotatable bonds is 7. The van der Waals surface area contributed by atoms with Gasteiger partial charge in [-0.15, -0.1) is 0 Å². The summed E-state index contributed by atoms with van der Waals surface area (Å²) in [5.41, 5.74) is 3.70. The first-order valence-corrected chi connectivity index (χ1v) is 11.3. The number of sulfonamides is 1. The molecule has 1 unspecified atom stereocenters. The lowest BCUT2D eigenvalue weighted by molar-refractivity contribution is 0.0940. The molecule has 0 heterocycles. The van der Waals surface area contributed by atoms with E-state index in [1.165, 1.54) is 19.2 Å². The van der Waals surface area contributed by atoms with Crippen molar-refractivity contribution >= 4 is 21.6 Å². The van der Waals surface area contributed by atoms with Crippen molar-refractivity contribution in [1.82, 2.24) is 5.32 Å². The summed E-state index contributed by atoms with van der Waals surface area (Å²) in [7, 11) is -2.24. The Balaban J connectivity index is 1.72. The van der Waals surface area contributed by atoms with E-state index in [4.69, 9.17) is 4.74 Å². The molecule has 0 spiro atoms. The molecule has 1 atom stereocenters. The zero-order valence-corrected chi connectivity index (χ0v) is 18.8. The van der Waals surface area contributed by atoms with Crippen molar-refractivity contribution in [3.63, 3.8) is 0 Å². The molecule has 1 amide bonds. The minimum atomic E-state index is -3.76. The average Bonchev–Trinajstić information content (AvgIpc) is 2.75. The lowest BCUT2D eigenvalue weighted by Crippen LogP contribution is -2.26. The second-order valence-electron chi connectivity index (χ2n) is 7.42. The lowest BCUT2D eigenvalue weighted by atomic mass is 10.1. The number of hydrogen-bond acceptors (Lipinski definition) is 4. The van der Waals surface area contributed by atoms with E-state index in [1.54, 1.807) is 37.3 Å². The van der Waals surface area contributed by atoms with Crippen LogP contribution in [0, 0.1) is 13.8 Å². The number of ether oxygens (including phenoxy) is 1. The van der Waals surface area contributed by atoms with E-state index in [0.717, 1.165) is 11.1 Å². The molecule has 0 aliphatic rings. The normalized spacial score (nSPS) is 12.1. The summed E-state index contributed by atoms with van der Waals surface area (Å²) >= 11 is 0. The highest BCUT2D eigenvalue weighted by Gasteiger charge is 2.17. The van der Waals surface area contributed by atoms with Gasteiger partial charge in [-0.1, -0.05) is 29.8 Å². The number of carbonyl (C=O) groups excluding carboxylic acids is 1. The van der Waals surface area contributed by atoms with Crippen LogP contribution in [0.2, 0.25) is 0 Å². The summed E-state index contributed by atoms with van der Waals surface area (Å²) in [6.45, 7) is 5.69. The van der Waals surface area contributed by atoms with Crippen molar-refractivity contribution < 1.29 is 17.9 Å². The van der Waals surface area contributed by atoms with Crippen LogP contribution in [0.5, 0.6) is 5.75 Å². The van der Waals surface area contributed by atoms with Crippen molar-refractivity contribution in [2.45, 2.75) is 31.7 Å². The Morgan fingerprint density at radius 3 is 2.16 bits per heavy atom. The predicted molar refractivity (Wildman–Crippen MR) is 122 cm³/mol. The summed E-state index contributed by atoms with van der Waals surface area (Å²) in [4.78, 5) is 12.8. The van der Waals surface area contributed by atoms with E-state index < -0.39 is 10.0 Å². The average molecular weight is 439 g/mol. The SMILES string of the molecule is COc1ccc(S(=O)(=O)Nc2ccc(C(=O)NC(C)c3ccc(C)cc3)cc2C)cc1. The third-order valence-corrected chi connectivity index (χ3v) is 6.41. The molecule has 0 saturated carbocycles. The Bertz CT molecular complexity index is 1170. The fourth-order valence-corrected chi connectivity index (χ4v) is 4.23. The first kappa shape index (κ1) is 22.4. The van der Waals surface area contributed by atoms with E-state index >= 15 is 0 Å². The van der Waals surface area contributed by atoms with Crippen LogP contribution in [0.15, 0.2) is 71.6 Å². The maximum Gasteiger partial charge on any atom is 0.261 e. The monoisotopic (exact) mass is 438 g/mol. The van der Waals surface area contributed by atoms with Gasteiger partial charge in [0.1, 0.15) is 5.75 Å². The molecule has 0 aliphatic carbocycles. The molecule has 0 bridgehead atoms. The number of amides is 1. The van der Waals surface area contributed by atoms with Crippen molar-refractivity contribution in [3.05, 3.63) is 89.0 Å². The fraction of sp³-hybridized carbons (Fsp3) is 0.208. The Labute approximate surface area is 183 Å². The molecule has 0 fully saturated rings. The van der Waals surface area contributed by atoms with Gasteiger partial charge in [-0.25, -0.2) is 8.42 Å². The fourth-order valence-electron chi connectivity index (χ4n) is 3.10. The quantitative estimate of drug-likeness (QED) is 0.564. The number of hydrogen-bond donors (Lipinski definition) is 2. The van der Waals surface area contributed by atoms with E-state index in [9.17, 15) is 13.2 Å². The highest BCUT2D eigenvalue weighted by molar-refractivity contribution is 7.92. The molecular formula is C24H26N2O4S. The molecule has 0 radical (unpaired) electrons. The van der Waals surface area contributed by atoms with Crippen molar-refractivity contribution in [2.24, 2.45) is 0 Å². The molecule has 3 rings (SSSR count). The number of carbonyl (C=O) groups is 1. The Morgan fingerprint density at radius 1 is 0.935 bits per heavy atom. The van der Waals surface area contributed by atoms with Crippen LogP contribution in [0.1, 0.15) is 40.0 Å². The molecule has 2 N–H and O–H groups in total. The van der Waals surface area contributed by atoms with Crippen molar-refractivity contribution in [1.29, 1.82) is 0 Å². The van der Waals surface area contributed by atoms with E-state index in [-0.39, 0.29) is 16.8 Å². The molecule has 162 valence electrons. The zero-order chi connectivity index (χ0) is 22.6. The Kier molecular flexibility index (Phi) is 6.65. The summed E-state index contributed by atoms with van der Waals surface area (Å²) in [5, 5.41) is 2.97. The highest BCUT2D eigenvalue weighted by Crippen LogP contribution is 2.23. The second-order valence-corrected chi connectivity index (χ2v) is 9.10. The number of methoxy groups -OCH3 is 1. The summed E-state index contributed by atoms with van der Waals surface area (Å²) in [6, 6.07) is 18.8. The third kappa shape index (κ3) is 5.44. The van der Waals surface area contributed by atoms with Gasteiger partial charge in [0.25, 0.3) is 15.9 Å². The van der Waals surface area contributed by atoms with Gasteiger partial charge in [0.2, 0.25) is 0 Å². The van der Waals surface area contributed by atoms with E-state index in [0.29, 0.717) is 22.6 Å². The number of anilines is 1. The van der Waals surface area contributed by atoms with Crippen LogP contribution < -0.4 is 14.8 Å². The summed E-state index contributed by atoms with van der Waals surface area (Å²) in [5.74, 6) is 0.353. The van der Waals surface area contributed by atoms with Gasteiger partial charge in [-0.2, -0.15) is 0 Å². The van der Waals surface area contributed by atoms with Crippen LogP contribution in [-0.4, -0.2) is 21.4 Å². The standard InChI is InChI=1S/C24H26N2O4S/c1-16-5-7-19(8-6-16)18(3)25-24(27)20-9-14-23(17(2)15-20)26-31(28,29)22-12-10-21(30-4)11-13-22/h5-15,18,26H,1-4H3,(H,25,27). The Morgan fingerprint density at radius 2 is 1.58 bits per heavy atom. The van der Waals surface area contributed by atoms with Crippen LogP contribution in [-0.2, 0) is 10.0 Å². The molecule has 31 heavy (non-hydrogen) atoms. The summed E-state index contributed by atoms with van der Waals surface area (Å²) < 4.78 is 33.0. The Hall–Kier alpha value is -3.32. The first-order valence-electron chi connectivity index (χ1n) is 9.84. The topological polar surface area (TPSA) is 84.5 Å². The second kappa shape index (κ2) is 9.22. The van der Waals surface area contributed by atoms with Crippen LogP contribution in [0.25, 0.3) is 0 Å². The molecule has 0 aromatic heterocycles. The molecule has 6 nitrogen and oxygen atoms in total. The van der Waals surface area contributed by atoms with Gasteiger partial charge in [0.05, 0.1) is 23.7 Å². The van der Waals surface area contributed by atoms with Gasteiger partial charge in [-0.05, 0) is 74.4 Å². The van der Waals surface area contributed by atoms with Gasteiger partial charge in [0, 0.05) is 5.56 Å². The molecule has 3 aromatic carbocycles. The van der Waals surface area contributed by atoms with Crippen molar-refractivity contribution in [3.8, 4) is 5.75 Å². The number of benzene rings is 3. The lowest BCUT2D eigenvalue weighted by Gasteiger charge is -2.16. The van der Waals surface area contributed by atoms with E-state index in [1.807, 2.05) is 38.1 Å². The van der Waals surface area contributed by atoms with Gasteiger partial charge in [0.15, 0.2) is 0 Å². The smallest absolute Gasteiger partial charge is 0.261 e. The minimum absolute atomic E-state index is 0.126. The number of nitrogens with one attached hydrogen (secondary N) is 2. The molecule has 3 aromatic rings. The van der Waals surface area contributed by atoms with Crippen LogP contribution >= 0.6 is 0 Å². The zero-order valence-electron chi connectivity index (χ0n) is 18.0. The first-order chi connectivity index (χ1) is 14.7. The van der Waals surface area contributed by atoms with Crippen LogP contribution in [0.4, 0.5) is 5.69 Å². The van der Waals surface area contributed by atoms with E-state index in [2.05, 4.69) is 10.0 Å². The largest absolute Gasteiger partial charge is 0.497 e. The van der Waals surface area contributed by atoms with Gasteiger partial charge >= 0.3 is 0 Å². The predicted octanol–water partition coefficient (Wildman–Crippen LogP) is 4.60. The third-order valence-electron chi connectivity index (χ3n) is 5.03. The number of aryl methyl sites for hydroxylation is 2.